The number of hydrogen-bond donors (Lipinski definition) is 1. The highest BCUT2D eigenvalue weighted by atomic mass is 19.1. The number of benzene rings is 2. The molecule has 1 heterocycles. The van der Waals surface area contributed by atoms with Gasteiger partial charge in [0.05, 0.1) is 5.92 Å². The summed E-state index contributed by atoms with van der Waals surface area (Å²) in [7, 11) is 0. The quantitative estimate of drug-likeness (QED) is 0.874. The van der Waals surface area contributed by atoms with Crippen LogP contribution in [0.1, 0.15) is 24.0 Å². The standard InChI is InChI=1S/C21H25FN2O/c22-20-10-8-18(9-11-20)15-24-14-4-7-19(16-24)21(25)23-13-12-17-5-2-1-3-6-17/h1-3,5-6,8-11,19H,4,7,12-16H2,(H,23,25). The fourth-order valence-corrected chi connectivity index (χ4v) is 3.38. The van der Waals surface area contributed by atoms with E-state index < -0.39 is 0 Å². The molecule has 0 bridgehead atoms. The van der Waals surface area contributed by atoms with Crippen molar-refractivity contribution in [3.8, 4) is 0 Å². The molecule has 1 aliphatic rings. The smallest absolute Gasteiger partial charge is 0.224 e. The van der Waals surface area contributed by atoms with Crippen LogP contribution in [0.15, 0.2) is 54.6 Å². The first-order valence-electron chi connectivity index (χ1n) is 8.99. The third kappa shape index (κ3) is 5.40. The van der Waals surface area contributed by atoms with Gasteiger partial charge in [0.15, 0.2) is 0 Å². The van der Waals surface area contributed by atoms with Crippen LogP contribution in [0, 0.1) is 11.7 Å². The van der Waals surface area contributed by atoms with E-state index in [1.807, 2.05) is 30.3 Å². The SMILES string of the molecule is O=C(NCCc1ccccc1)C1CCCN(Cc2ccc(F)cc2)C1. The predicted molar refractivity (Wildman–Crippen MR) is 97.6 cm³/mol. The zero-order chi connectivity index (χ0) is 17.5. The monoisotopic (exact) mass is 340 g/mol. The molecule has 0 aromatic heterocycles. The van der Waals surface area contributed by atoms with Crippen LogP contribution in [0.5, 0.6) is 0 Å². The maximum Gasteiger partial charge on any atom is 0.224 e. The van der Waals surface area contributed by atoms with Gasteiger partial charge in [0.25, 0.3) is 0 Å². The first kappa shape index (κ1) is 17.6. The molecule has 25 heavy (non-hydrogen) atoms. The number of nitrogens with one attached hydrogen (secondary N) is 1. The highest BCUT2D eigenvalue weighted by Crippen LogP contribution is 2.19. The van der Waals surface area contributed by atoms with Gasteiger partial charge in [-0.1, -0.05) is 42.5 Å². The zero-order valence-electron chi connectivity index (χ0n) is 14.5. The third-order valence-corrected chi connectivity index (χ3v) is 4.75. The van der Waals surface area contributed by atoms with Gasteiger partial charge in [0, 0.05) is 19.6 Å². The normalized spacial score (nSPS) is 18.0. The summed E-state index contributed by atoms with van der Waals surface area (Å²) in [5.41, 5.74) is 2.33. The van der Waals surface area contributed by atoms with Crippen molar-refractivity contribution in [3.05, 3.63) is 71.5 Å². The Morgan fingerprint density at radius 2 is 1.84 bits per heavy atom. The molecule has 1 unspecified atom stereocenters. The number of rotatable bonds is 6. The van der Waals surface area contributed by atoms with Gasteiger partial charge >= 0.3 is 0 Å². The van der Waals surface area contributed by atoms with Crippen LogP contribution in [-0.2, 0) is 17.8 Å². The van der Waals surface area contributed by atoms with E-state index in [1.165, 1.54) is 17.7 Å². The predicted octanol–water partition coefficient (Wildman–Crippen LogP) is 3.40. The Kier molecular flexibility index (Phi) is 6.18. The summed E-state index contributed by atoms with van der Waals surface area (Å²) >= 11 is 0. The molecule has 4 heteroatoms. The number of carbonyl (C=O) groups is 1. The van der Waals surface area contributed by atoms with E-state index in [0.717, 1.165) is 44.5 Å². The maximum absolute atomic E-state index is 13.0. The molecule has 1 saturated heterocycles. The van der Waals surface area contributed by atoms with Gasteiger partial charge in [-0.3, -0.25) is 9.69 Å². The van der Waals surface area contributed by atoms with Crippen molar-refractivity contribution in [1.29, 1.82) is 0 Å². The molecule has 0 aliphatic carbocycles. The molecular weight excluding hydrogens is 315 g/mol. The fraction of sp³-hybridized carbons (Fsp3) is 0.381. The highest BCUT2D eigenvalue weighted by Gasteiger charge is 2.25. The number of hydrogen-bond acceptors (Lipinski definition) is 2. The van der Waals surface area contributed by atoms with Crippen molar-refractivity contribution in [2.45, 2.75) is 25.8 Å². The second-order valence-corrected chi connectivity index (χ2v) is 6.73. The lowest BCUT2D eigenvalue weighted by Crippen LogP contribution is -2.43. The molecule has 3 rings (SSSR count). The Balaban J connectivity index is 1.45. The van der Waals surface area contributed by atoms with E-state index >= 15 is 0 Å². The molecular formula is C21H25FN2O. The van der Waals surface area contributed by atoms with Crippen molar-refractivity contribution >= 4 is 5.91 Å². The van der Waals surface area contributed by atoms with Crippen molar-refractivity contribution in [2.24, 2.45) is 5.92 Å². The minimum Gasteiger partial charge on any atom is -0.355 e. The summed E-state index contributed by atoms with van der Waals surface area (Å²) < 4.78 is 13.0. The van der Waals surface area contributed by atoms with Gasteiger partial charge in [0.1, 0.15) is 5.82 Å². The number of carbonyl (C=O) groups excluding carboxylic acids is 1. The molecule has 132 valence electrons. The fourth-order valence-electron chi connectivity index (χ4n) is 3.38. The van der Waals surface area contributed by atoms with Crippen molar-refractivity contribution in [2.75, 3.05) is 19.6 Å². The van der Waals surface area contributed by atoms with Gasteiger partial charge in [-0.2, -0.15) is 0 Å². The Labute approximate surface area is 148 Å². The van der Waals surface area contributed by atoms with Crippen LogP contribution < -0.4 is 5.32 Å². The Hall–Kier alpha value is -2.20. The average Bonchev–Trinajstić information content (AvgIpc) is 2.65. The van der Waals surface area contributed by atoms with Gasteiger partial charge in [0.2, 0.25) is 5.91 Å². The first-order valence-corrected chi connectivity index (χ1v) is 8.99. The molecule has 1 aliphatic heterocycles. The molecule has 1 fully saturated rings. The summed E-state index contributed by atoms with van der Waals surface area (Å²) in [6, 6.07) is 16.8. The molecule has 0 saturated carbocycles. The molecule has 2 aromatic rings. The second-order valence-electron chi connectivity index (χ2n) is 6.73. The summed E-state index contributed by atoms with van der Waals surface area (Å²) in [5, 5.41) is 3.08. The summed E-state index contributed by atoms with van der Waals surface area (Å²) in [6.45, 7) is 3.21. The van der Waals surface area contributed by atoms with Crippen LogP contribution in [0.2, 0.25) is 0 Å². The number of piperidine rings is 1. The van der Waals surface area contributed by atoms with E-state index in [0.29, 0.717) is 6.54 Å². The number of amides is 1. The van der Waals surface area contributed by atoms with Crippen LogP contribution in [0.25, 0.3) is 0 Å². The second kappa shape index (κ2) is 8.77. The number of halogens is 1. The summed E-state index contributed by atoms with van der Waals surface area (Å²) in [5.74, 6) is -0.0113. The minimum absolute atomic E-state index is 0.0463. The van der Waals surface area contributed by atoms with E-state index in [2.05, 4.69) is 22.3 Å². The minimum atomic E-state index is -0.210. The van der Waals surface area contributed by atoms with Crippen LogP contribution in [-0.4, -0.2) is 30.4 Å². The number of likely N-dealkylation sites (tertiary alicyclic amines) is 1. The number of nitrogens with zero attached hydrogens (tertiary/aromatic N) is 1. The first-order chi connectivity index (χ1) is 12.2. The maximum atomic E-state index is 13.0. The average molecular weight is 340 g/mol. The summed E-state index contributed by atoms with van der Waals surface area (Å²) in [6.07, 6.45) is 2.83. The lowest BCUT2D eigenvalue weighted by molar-refractivity contribution is -0.126. The Morgan fingerprint density at radius 3 is 2.60 bits per heavy atom. The van der Waals surface area contributed by atoms with Gasteiger partial charge in [-0.25, -0.2) is 4.39 Å². The molecule has 1 amide bonds. The Morgan fingerprint density at radius 1 is 1.08 bits per heavy atom. The molecule has 0 radical (unpaired) electrons. The lowest BCUT2D eigenvalue weighted by Gasteiger charge is -2.32. The van der Waals surface area contributed by atoms with Crippen molar-refractivity contribution in [1.82, 2.24) is 10.2 Å². The van der Waals surface area contributed by atoms with Crippen LogP contribution in [0.3, 0.4) is 0 Å². The topological polar surface area (TPSA) is 32.3 Å². The van der Waals surface area contributed by atoms with Gasteiger partial charge in [-0.05, 0) is 49.1 Å². The summed E-state index contributed by atoms with van der Waals surface area (Å²) in [4.78, 5) is 14.7. The molecule has 2 aromatic carbocycles. The molecule has 0 spiro atoms. The van der Waals surface area contributed by atoms with Crippen molar-refractivity contribution in [3.63, 3.8) is 0 Å². The van der Waals surface area contributed by atoms with Crippen LogP contribution in [0.4, 0.5) is 4.39 Å². The largest absolute Gasteiger partial charge is 0.355 e. The van der Waals surface area contributed by atoms with Crippen molar-refractivity contribution < 1.29 is 9.18 Å². The van der Waals surface area contributed by atoms with E-state index in [-0.39, 0.29) is 17.6 Å². The third-order valence-electron chi connectivity index (χ3n) is 4.75. The van der Waals surface area contributed by atoms with E-state index in [9.17, 15) is 9.18 Å². The van der Waals surface area contributed by atoms with Gasteiger partial charge < -0.3 is 5.32 Å². The zero-order valence-corrected chi connectivity index (χ0v) is 14.5. The molecule has 1 N–H and O–H groups in total. The lowest BCUT2D eigenvalue weighted by atomic mass is 9.96. The van der Waals surface area contributed by atoms with E-state index in [1.54, 1.807) is 0 Å². The molecule has 3 nitrogen and oxygen atoms in total. The Bertz CT molecular complexity index is 672. The molecule has 1 atom stereocenters. The van der Waals surface area contributed by atoms with Gasteiger partial charge in [-0.15, -0.1) is 0 Å². The van der Waals surface area contributed by atoms with Crippen LogP contribution >= 0.6 is 0 Å². The highest BCUT2D eigenvalue weighted by molar-refractivity contribution is 5.78. The van der Waals surface area contributed by atoms with E-state index in [4.69, 9.17) is 0 Å².